The zero-order valence-corrected chi connectivity index (χ0v) is 19.3. The first-order chi connectivity index (χ1) is 13.5. The number of halogens is 2. The van der Waals surface area contributed by atoms with E-state index in [2.05, 4.69) is 15.6 Å². The molecular formula is C21H28FIN4O2. The van der Waals surface area contributed by atoms with E-state index in [9.17, 15) is 9.18 Å². The van der Waals surface area contributed by atoms with Gasteiger partial charge in [0.1, 0.15) is 18.2 Å². The lowest BCUT2D eigenvalue weighted by atomic mass is 10.1. The molecule has 2 N–H and O–H groups in total. The van der Waals surface area contributed by atoms with Gasteiger partial charge in [-0.3, -0.25) is 4.79 Å². The van der Waals surface area contributed by atoms with Crippen molar-refractivity contribution in [2.24, 2.45) is 4.99 Å². The van der Waals surface area contributed by atoms with Gasteiger partial charge in [-0.2, -0.15) is 0 Å². The average molecular weight is 514 g/mol. The molecular weight excluding hydrogens is 486 g/mol. The quantitative estimate of drug-likeness (QED) is 0.246. The van der Waals surface area contributed by atoms with Crippen LogP contribution >= 0.6 is 24.0 Å². The van der Waals surface area contributed by atoms with E-state index in [0.717, 1.165) is 12.1 Å². The number of aliphatic imine (C=N–C) groups is 1. The first-order valence-electron chi connectivity index (χ1n) is 9.20. The van der Waals surface area contributed by atoms with E-state index in [-0.39, 0.29) is 35.7 Å². The molecule has 2 rings (SSSR count). The number of ether oxygens (including phenoxy) is 1. The number of carbonyl (C=O) groups is 1. The Morgan fingerprint density at radius 1 is 1.14 bits per heavy atom. The SMILES string of the molecule is CCNC(=NCc1ccc(C(=O)N(C)C)cc1)NCCOc1cccc(F)c1.I. The number of rotatable bonds is 8. The number of benzene rings is 2. The van der Waals surface area contributed by atoms with Crippen molar-refractivity contribution in [1.29, 1.82) is 0 Å². The summed E-state index contributed by atoms with van der Waals surface area (Å²) in [6, 6.07) is 13.5. The van der Waals surface area contributed by atoms with Crippen LogP contribution in [0, 0.1) is 5.82 Å². The molecule has 0 heterocycles. The van der Waals surface area contributed by atoms with Crippen molar-refractivity contribution in [3.05, 3.63) is 65.5 Å². The molecule has 0 unspecified atom stereocenters. The van der Waals surface area contributed by atoms with Crippen LogP contribution in [0.2, 0.25) is 0 Å². The second-order valence-corrected chi connectivity index (χ2v) is 6.32. The van der Waals surface area contributed by atoms with Gasteiger partial charge in [0.25, 0.3) is 5.91 Å². The fourth-order valence-corrected chi connectivity index (χ4v) is 2.42. The van der Waals surface area contributed by atoms with Gasteiger partial charge in [-0.05, 0) is 36.8 Å². The maximum atomic E-state index is 13.1. The van der Waals surface area contributed by atoms with Gasteiger partial charge in [0.2, 0.25) is 0 Å². The second kappa shape index (κ2) is 13.0. The fourth-order valence-electron chi connectivity index (χ4n) is 2.42. The number of carbonyl (C=O) groups excluding carboxylic acids is 1. The molecule has 0 aliphatic heterocycles. The Balaban J connectivity index is 0.00000420. The molecule has 2 aromatic carbocycles. The molecule has 0 spiro atoms. The van der Waals surface area contributed by atoms with Gasteiger partial charge in [0, 0.05) is 32.3 Å². The number of nitrogens with zero attached hydrogens (tertiary/aromatic N) is 2. The molecule has 0 saturated carbocycles. The normalized spacial score (nSPS) is 10.7. The van der Waals surface area contributed by atoms with Crippen molar-refractivity contribution in [3.8, 4) is 5.75 Å². The topological polar surface area (TPSA) is 66.0 Å². The number of guanidine groups is 1. The molecule has 0 aliphatic carbocycles. The maximum absolute atomic E-state index is 13.1. The monoisotopic (exact) mass is 514 g/mol. The summed E-state index contributed by atoms with van der Waals surface area (Å²) < 4.78 is 18.6. The highest BCUT2D eigenvalue weighted by Gasteiger charge is 2.07. The van der Waals surface area contributed by atoms with Crippen LogP contribution in [0.1, 0.15) is 22.8 Å². The van der Waals surface area contributed by atoms with Gasteiger partial charge in [0.15, 0.2) is 5.96 Å². The van der Waals surface area contributed by atoms with Crippen molar-refractivity contribution in [2.75, 3.05) is 33.8 Å². The zero-order chi connectivity index (χ0) is 20.4. The van der Waals surface area contributed by atoms with Crippen LogP contribution in [0.4, 0.5) is 4.39 Å². The van der Waals surface area contributed by atoms with Crippen LogP contribution in [-0.2, 0) is 6.54 Å². The molecule has 0 aromatic heterocycles. The Kier molecular flexibility index (Phi) is 11.0. The summed E-state index contributed by atoms with van der Waals surface area (Å²) >= 11 is 0. The third-order valence-corrected chi connectivity index (χ3v) is 3.83. The lowest BCUT2D eigenvalue weighted by Gasteiger charge is -2.12. The number of hydrogen-bond donors (Lipinski definition) is 2. The van der Waals surface area contributed by atoms with E-state index < -0.39 is 0 Å². The Hall–Kier alpha value is -2.36. The minimum Gasteiger partial charge on any atom is -0.492 e. The van der Waals surface area contributed by atoms with Gasteiger partial charge >= 0.3 is 0 Å². The first-order valence-corrected chi connectivity index (χ1v) is 9.20. The molecule has 29 heavy (non-hydrogen) atoms. The van der Waals surface area contributed by atoms with Crippen LogP contribution in [0.15, 0.2) is 53.5 Å². The van der Waals surface area contributed by atoms with Crippen LogP contribution < -0.4 is 15.4 Å². The van der Waals surface area contributed by atoms with E-state index in [1.807, 2.05) is 19.1 Å². The minimum absolute atomic E-state index is 0. The highest BCUT2D eigenvalue weighted by Crippen LogP contribution is 2.11. The molecule has 0 fully saturated rings. The third-order valence-electron chi connectivity index (χ3n) is 3.83. The van der Waals surface area contributed by atoms with Crippen molar-refractivity contribution in [3.63, 3.8) is 0 Å². The lowest BCUT2D eigenvalue weighted by molar-refractivity contribution is 0.0827. The van der Waals surface area contributed by atoms with Crippen LogP contribution in [0.25, 0.3) is 0 Å². The fraction of sp³-hybridized carbons (Fsp3) is 0.333. The summed E-state index contributed by atoms with van der Waals surface area (Å²) in [5, 5.41) is 6.35. The molecule has 2 aromatic rings. The molecule has 8 heteroatoms. The van der Waals surface area contributed by atoms with Gasteiger partial charge in [0.05, 0.1) is 13.1 Å². The summed E-state index contributed by atoms with van der Waals surface area (Å²) in [6.45, 7) is 4.11. The molecule has 0 bridgehead atoms. The predicted molar refractivity (Wildman–Crippen MR) is 125 cm³/mol. The average Bonchev–Trinajstić information content (AvgIpc) is 2.69. The Morgan fingerprint density at radius 3 is 2.48 bits per heavy atom. The third kappa shape index (κ3) is 8.68. The zero-order valence-electron chi connectivity index (χ0n) is 16.9. The van der Waals surface area contributed by atoms with E-state index in [4.69, 9.17) is 4.74 Å². The summed E-state index contributed by atoms with van der Waals surface area (Å²) in [7, 11) is 3.46. The van der Waals surface area contributed by atoms with Crippen molar-refractivity contribution >= 4 is 35.8 Å². The maximum Gasteiger partial charge on any atom is 0.253 e. The van der Waals surface area contributed by atoms with E-state index in [0.29, 0.717) is 37.0 Å². The van der Waals surface area contributed by atoms with Crippen LogP contribution in [0.3, 0.4) is 0 Å². The highest BCUT2D eigenvalue weighted by molar-refractivity contribution is 14.0. The predicted octanol–water partition coefficient (Wildman–Crippen LogP) is 3.28. The van der Waals surface area contributed by atoms with Gasteiger partial charge in [-0.1, -0.05) is 18.2 Å². The number of nitrogens with one attached hydrogen (secondary N) is 2. The number of amides is 1. The van der Waals surface area contributed by atoms with Gasteiger partial charge in [-0.25, -0.2) is 9.38 Å². The summed E-state index contributed by atoms with van der Waals surface area (Å²) in [5.74, 6) is 0.817. The smallest absolute Gasteiger partial charge is 0.253 e. The first kappa shape index (κ1) is 24.7. The van der Waals surface area contributed by atoms with Crippen molar-refractivity contribution < 1.29 is 13.9 Å². The van der Waals surface area contributed by atoms with Crippen molar-refractivity contribution in [1.82, 2.24) is 15.5 Å². The van der Waals surface area contributed by atoms with E-state index in [1.54, 1.807) is 43.3 Å². The largest absolute Gasteiger partial charge is 0.492 e. The highest BCUT2D eigenvalue weighted by atomic mass is 127. The Labute approximate surface area is 188 Å². The van der Waals surface area contributed by atoms with Crippen LogP contribution in [-0.4, -0.2) is 50.6 Å². The molecule has 158 valence electrons. The summed E-state index contributed by atoms with van der Waals surface area (Å²) in [6.07, 6.45) is 0. The molecule has 0 atom stereocenters. The molecule has 6 nitrogen and oxygen atoms in total. The molecule has 0 saturated heterocycles. The molecule has 0 radical (unpaired) electrons. The second-order valence-electron chi connectivity index (χ2n) is 6.32. The van der Waals surface area contributed by atoms with Crippen LogP contribution in [0.5, 0.6) is 5.75 Å². The van der Waals surface area contributed by atoms with E-state index >= 15 is 0 Å². The van der Waals surface area contributed by atoms with Gasteiger partial charge < -0.3 is 20.3 Å². The van der Waals surface area contributed by atoms with E-state index in [1.165, 1.54) is 12.1 Å². The molecule has 0 aliphatic rings. The van der Waals surface area contributed by atoms with Crippen molar-refractivity contribution in [2.45, 2.75) is 13.5 Å². The lowest BCUT2D eigenvalue weighted by Crippen LogP contribution is -2.39. The minimum atomic E-state index is -0.321. The summed E-state index contributed by atoms with van der Waals surface area (Å²) in [4.78, 5) is 18.0. The van der Waals surface area contributed by atoms with Gasteiger partial charge in [-0.15, -0.1) is 24.0 Å². The standard InChI is InChI=1S/C21H27FN4O2.HI/c1-4-23-21(24-12-13-28-19-7-5-6-18(22)14-19)25-15-16-8-10-17(11-9-16)20(27)26(2)3;/h5-11,14H,4,12-13,15H2,1-3H3,(H2,23,24,25);1H. The number of hydrogen-bond acceptors (Lipinski definition) is 3. The Morgan fingerprint density at radius 2 is 1.86 bits per heavy atom. The Bertz CT molecular complexity index is 798. The molecule has 1 amide bonds. The summed E-state index contributed by atoms with van der Waals surface area (Å²) in [5.41, 5.74) is 1.65.